The van der Waals surface area contributed by atoms with Gasteiger partial charge in [0.25, 0.3) is 0 Å². The molecule has 3 aromatic rings. The van der Waals surface area contributed by atoms with Crippen molar-refractivity contribution >= 4 is 35.6 Å². The van der Waals surface area contributed by atoms with Crippen molar-refractivity contribution < 1.29 is 18.3 Å². The summed E-state index contributed by atoms with van der Waals surface area (Å²) in [6.45, 7) is 26.1. The van der Waals surface area contributed by atoms with Crippen LogP contribution in [0.4, 0.5) is 0 Å². The molecule has 0 heterocycles. The average molecular weight is 711 g/mol. The van der Waals surface area contributed by atoms with Gasteiger partial charge in [0.1, 0.15) is 0 Å². The van der Waals surface area contributed by atoms with Crippen LogP contribution in [0.1, 0.15) is 105 Å². The summed E-state index contributed by atoms with van der Waals surface area (Å²) in [4.78, 5) is 0. The van der Waals surface area contributed by atoms with Gasteiger partial charge in [-0.15, -0.1) is 24.8 Å². The molecule has 5 rings (SSSR count). The molecule has 0 nitrogen and oxygen atoms in total. The van der Waals surface area contributed by atoms with Gasteiger partial charge in [0.15, 0.2) is 0 Å². The monoisotopic (exact) mass is 708 g/mol. The molecule has 1 unspecified atom stereocenters. The van der Waals surface area contributed by atoms with Gasteiger partial charge >= 0.3 is 259 Å². The van der Waals surface area contributed by atoms with Crippen molar-refractivity contribution in [1.82, 2.24) is 0 Å². The summed E-state index contributed by atoms with van der Waals surface area (Å²) >= 11 is -4.43. The number of benzene rings is 3. The molecule has 0 saturated heterocycles. The summed E-state index contributed by atoms with van der Waals surface area (Å²) in [7, 11) is 0. The quantitative estimate of drug-likeness (QED) is 0.198. The van der Waals surface area contributed by atoms with Gasteiger partial charge in [-0.05, 0) is 0 Å². The normalized spacial score (nSPS) is 17.0. The number of rotatable bonds is 4. The number of hydrogen-bond acceptors (Lipinski definition) is 0. The zero-order chi connectivity index (χ0) is 31.1. The molecule has 0 aliphatic heterocycles. The van der Waals surface area contributed by atoms with E-state index in [9.17, 15) is 0 Å². The Morgan fingerprint density at radius 1 is 0.750 bits per heavy atom. The van der Waals surface area contributed by atoms with Crippen LogP contribution in [0, 0.1) is 11.3 Å². The Hall–Kier alpha value is -1.53. The number of fused-ring (bicyclic) bond motifs is 3. The van der Waals surface area contributed by atoms with Gasteiger partial charge < -0.3 is 0 Å². The second kappa shape index (κ2) is 11.9. The molecule has 2 aliphatic rings. The number of halogens is 2. The van der Waals surface area contributed by atoms with Crippen LogP contribution >= 0.6 is 24.8 Å². The Morgan fingerprint density at radius 2 is 1.32 bits per heavy atom. The SMILES string of the molecule is Cl.Cl.[CH2]=[Zr]([CH3])([C]1=C(CC)C(C(C)(C)C)=CC1C)([c]1ccccc1)[c]1cc(C(C)(C)C)cc2c1Cc1ccc(C(C)(C)C)cc1-2. The molecule has 238 valence electrons. The van der Waals surface area contributed by atoms with E-state index >= 15 is 0 Å². The summed E-state index contributed by atoms with van der Waals surface area (Å²) in [6, 6.07) is 23.9. The predicted octanol–water partition coefficient (Wildman–Crippen LogP) is 11.1. The number of hydrogen-bond donors (Lipinski definition) is 0. The van der Waals surface area contributed by atoms with E-state index in [4.69, 9.17) is 4.21 Å². The Bertz CT molecular complexity index is 1700. The fourth-order valence-corrected chi connectivity index (χ4v) is 22.9. The van der Waals surface area contributed by atoms with E-state index in [0.717, 1.165) is 12.8 Å². The van der Waals surface area contributed by atoms with Gasteiger partial charge in [-0.2, -0.15) is 0 Å². The second-order valence-electron chi connectivity index (χ2n) is 16.8. The van der Waals surface area contributed by atoms with Crippen LogP contribution in [-0.2, 0) is 35.5 Å². The summed E-state index contributed by atoms with van der Waals surface area (Å²) in [6.07, 6.45) is 4.65. The Balaban J connectivity index is 0.00000264. The predicted molar refractivity (Wildman–Crippen MR) is 199 cm³/mol. The van der Waals surface area contributed by atoms with E-state index in [0.29, 0.717) is 5.92 Å². The first-order chi connectivity index (χ1) is 19.3. The third kappa shape index (κ3) is 5.89. The van der Waals surface area contributed by atoms with Crippen molar-refractivity contribution in [2.75, 3.05) is 0 Å². The Kier molecular flexibility index (Phi) is 10.0. The Morgan fingerprint density at radius 3 is 1.84 bits per heavy atom. The zero-order valence-electron chi connectivity index (χ0n) is 29.4. The summed E-state index contributed by atoms with van der Waals surface area (Å²) in [5.74, 6) is 0.382. The molecule has 0 amide bonds. The summed E-state index contributed by atoms with van der Waals surface area (Å²) in [5, 5.41) is 0. The van der Waals surface area contributed by atoms with Crippen LogP contribution in [0.15, 0.2) is 81.2 Å². The topological polar surface area (TPSA) is 0 Å². The van der Waals surface area contributed by atoms with E-state index in [1.54, 1.807) is 12.1 Å². The van der Waals surface area contributed by atoms with Crippen molar-refractivity contribution in [3.8, 4) is 11.1 Å². The molecule has 0 spiro atoms. The average Bonchev–Trinajstić information content (AvgIpc) is 3.45. The van der Waals surface area contributed by atoms with Crippen LogP contribution in [0.25, 0.3) is 11.1 Å². The molecular formula is C41H56Cl2Zr. The fraction of sp³-hybridized carbons (Fsp3) is 0.439. The molecule has 0 saturated carbocycles. The molecule has 3 aromatic carbocycles. The maximum atomic E-state index is 5.63. The summed E-state index contributed by atoms with van der Waals surface area (Å²) in [5.41, 5.74) is 12.1. The van der Waals surface area contributed by atoms with E-state index in [-0.39, 0.29) is 41.1 Å². The minimum absolute atomic E-state index is 0. The first-order valence-electron chi connectivity index (χ1n) is 16.2. The van der Waals surface area contributed by atoms with E-state index in [1.165, 1.54) is 42.2 Å². The third-order valence-corrected chi connectivity index (χ3v) is 25.2. The van der Waals surface area contributed by atoms with Crippen molar-refractivity contribution in [1.29, 1.82) is 0 Å². The standard InChI is InChI=1S/C21H25.C12H19.C6H5.CH3.CH2.2ClH.Zr/c1-20(2,3)16-9-7-14-11-15-8-10-17(21(4,5)6)13-19(15)18(14)12-16;1-6-10-7-9(2)8-11(10)12(3,4)5;1-2-4-6-5-3-1;;;;;/h7,9-10,12-13H,11H2,1-6H3;8-9H,6H2,1-5H3;1-5H;1H3;1H2;2*1H;. The maximum absolute atomic E-state index is 5.63. The van der Waals surface area contributed by atoms with Gasteiger partial charge in [-0.1, -0.05) is 0 Å². The van der Waals surface area contributed by atoms with Crippen LogP contribution in [0.3, 0.4) is 0 Å². The minimum atomic E-state index is -4.43. The fourth-order valence-electron chi connectivity index (χ4n) is 8.09. The van der Waals surface area contributed by atoms with Gasteiger partial charge in [0.05, 0.1) is 0 Å². The van der Waals surface area contributed by atoms with Gasteiger partial charge in [0.2, 0.25) is 0 Å². The molecule has 2 aliphatic carbocycles. The van der Waals surface area contributed by atoms with Gasteiger partial charge in [0, 0.05) is 0 Å². The van der Waals surface area contributed by atoms with Gasteiger partial charge in [-0.25, -0.2) is 0 Å². The van der Waals surface area contributed by atoms with Crippen molar-refractivity contribution in [3.05, 3.63) is 103 Å². The molecular weight excluding hydrogens is 655 g/mol. The van der Waals surface area contributed by atoms with E-state index < -0.39 is 18.3 Å². The molecule has 0 N–H and O–H groups in total. The number of allylic oxidation sites excluding steroid dienone is 4. The van der Waals surface area contributed by atoms with Crippen molar-refractivity contribution in [2.24, 2.45) is 11.3 Å². The zero-order valence-corrected chi connectivity index (χ0v) is 33.5. The van der Waals surface area contributed by atoms with Crippen LogP contribution < -0.4 is 6.54 Å². The van der Waals surface area contributed by atoms with Crippen molar-refractivity contribution in [2.45, 2.75) is 104 Å². The molecule has 44 heavy (non-hydrogen) atoms. The molecule has 3 heteroatoms. The van der Waals surface area contributed by atoms with E-state index in [2.05, 4.69) is 148 Å². The third-order valence-electron chi connectivity index (χ3n) is 10.4. The molecule has 1 atom stereocenters. The first kappa shape index (κ1) is 36.9. The van der Waals surface area contributed by atoms with Crippen LogP contribution in [-0.4, -0.2) is 4.21 Å². The van der Waals surface area contributed by atoms with Crippen molar-refractivity contribution in [3.63, 3.8) is 0 Å². The van der Waals surface area contributed by atoms with Gasteiger partial charge in [-0.3, -0.25) is 0 Å². The van der Waals surface area contributed by atoms with E-state index in [1.807, 2.05) is 0 Å². The molecule has 0 radical (unpaired) electrons. The second-order valence-corrected chi connectivity index (χ2v) is 30.8. The first-order valence-corrected chi connectivity index (χ1v) is 24.0. The van der Waals surface area contributed by atoms with Crippen LogP contribution in [0.5, 0.6) is 0 Å². The molecule has 0 fully saturated rings. The summed E-state index contributed by atoms with van der Waals surface area (Å²) < 4.78 is 13.0. The molecule has 0 bridgehead atoms. The Labute approximate surface area is 282 Å². The molecule has 0 aromatic heterocycles. The van der Waals surface area contributed by atoms with Crippen LogP contribution in [0.2, 0.25) is 4.63 Å².